The van der Waals surface area contributed by atoms with E-state index in [1.54, 1.807) is 0 Å². The van der Waals surface area contributed by atoms with Crippen LogP contribution in [0.4, 0.5) is 0 Å². The fraction of sp³-hybridized carbons (Fsp3) is 0.286. The molecule has 2 heterocycles. The molecule has 1 aromatic heterocycles. The lowest BCUT2D eigenvalue weighted by atomic mass is 10.0. The third-order valence-corrected chi connectivity index (χ3v) is 4.76. The molecule has 1 aliphatic heterocycles. The first kappa shape index (κ1) is 15.2. The van der Waals surface area contributed by atoms with Crippen molar-refractivity contribution in [2.75, 3.05) is 13.1 Å². The summed E-state index contributed by atoms with van der Waals surface area (Å²) in [5.74, 6) is 0.713. The van der Waals surface area contributed by atoms with Crippen molar-refractivity contribution >= 4 is 11.0 Å². The maximum Gasteiger partial charge on any atom is 0.197 e. The molecule has 3 aromatic rings. The van der Waals surface area contributed by atoms with Crippen LogP contribution < -0.4 is 5.43 Å². The van der Waals surface area contributed by atoms with Gasteiger partial charge in [-0.3, -0.25) is 9.69 Å². The largest absolute Gasteiger partial charge is 0.455 e. The van der Waals surface area contributed by atoms with Crippen LogP contribution in [0.25, 0.3) is 22.3 Å². The molecule has 3 heteroatoms. The van der Waals surface area contributed by atoms with E-state index in [-0.39, 0.29) is 5.43 Å². The Morgan fingerprint density at radius 2 is 1.58 bits per heavy atom. The van der Waals surface area contributed by atoms with Crippen molar-refractivity contribution in [1.29, 1.82) is 0 Å². The van der Waals surface area contributed by atoms with Crippen LogP contribution in [0.15, 0.2) is 63.8 Å². The maximum absolute atomic E-state index is 13.1. The van der Waals surface area contributed by atoms with Gasteiger partial charge in [-0.25, -0.2) is 0 Å². The number of fused-ring (bicyclic) bond motifs is 1. The zero-order valence-electron chi connectivity index (χ0n) is 13.7. The predicted molar refractivity (Wildman–Crippen MR) is 97.0 cm³/mol. The zero-order valence-corrected chi connectivity index (χ0v) is 13.7. The van der Waals surface area contributed by atoms with Crippen LogP contribution in [0.3, 0.4) is 0 Å². The van der Waals surface area contributed by atoms with Gasteiger partial charge in [-0.2, -0.15) is 0 Å². The summed E-state index contributed by atoms with van der Waals surface area (Å²) in [6.45, 7) is 2.78. The summed E-state index contributed by atoms with van der Waals surface area (Å²) in [5.41, 5.74) is 2.50. The molecule has 0 radical (unpaired) electrons. The molecule has 0 unspecified atom stereocenters. The quantitative estimate of drug-likeness (QED) is 0.715. The minimum absolute atomic E-state index is 0.0984. The first-order valence-corrected chi connectivity index (χ1v) is 8.65. The Balaban J connectivity index is 1.88. The molecule has 0 atom stereocenters. The smallest absolute Gasteiger partial charge is 0.197 e. The number of likely N-dealkylation sites (tertiary alicyclic amines) is 1. The zero-order chi connectivity index (χ0) is 16.4. The number of nitrogens with zero attached hydrogens (tertiary/aromatic N) is 1. The van der Waals surface area contributed by atoms with E-state index in [2.05, 4.69) is 4.90 Å². The highest BCUT2D eigenvalue weighted by atomic mass is 16.3. The van der Waals surface area contributed by atoms with E-state index < -0.39 is 0 Å². The molecule has 4 rings (SSSR count). The molecule has 0 aliphatic carbocycles. The van der Waals surface area contributed by atoms with Gasteiger partial charge in [-0.1, -0.05) is 48.9 Å². The van der Waals surface area contributed by atoms with E-state index >= 15 is 0 Å². The first-order valence-electron chi connectivity index (χ1n) is 8.65. The molecule has 1 saturated heterocycles. The molecule has 24 heavy (non-hydrogen) atoms. The highest BCUT2D eigenvalue weighted by Gasteiger charge is 2.19. The molecule has 0 N–H and O–H groups in total. The fourth-order valence-electron chi connectivity index (χ4n) is 3.49. The highest BCUT2D eigenvalue weighted by molar-refractivity contribution is 5.80. The molecular formula is C21H21NO2. The van der Waals surface area contributed by atoms with Gasteiger partial charge < -0.3 is 4.42 Å². The van der Waals surface area contributed by atoms with Gasteiger partial charge >= 0.3 is 0 Å². The van der Waals surface area contributed by atoms with Crippen LogP contribution in [0, 0.1) is 0 Å². The number of piperidine rings is 1. The van der Waals surface area contributed by atoms with E-state index in [0.717, 1.165) is 24.2 Å². The van der Waals surface area contributed by atoms with Crippen molar-refractivity contribution in [2.24, 2.45) is 0 Å². The van der Waals surface area contributed by atoms with Gasteiger partial charge in [-0.15, -0.1) is 0 Å². The van der Waals surface area contributed by atoms with E-state index in [1.807, 2.05) is 54.6 Å². The standard InChI is InChI=1S/C21H21NO2/c23-20-17-11-5-6-12-19(17)24-21(16-9-3-1-4-10-16)18(20)15-22-13-7-2-8-14-22/h1,3-6,9-12H,2,7-8,13-15H2. The summed E-state index contributed by atoms with van der Waals surface area (Å²) in [6, 6.07) is 17.5. The SMILES string of the molecule is O=c1c(CN2CCCCC2)c(-c2ccccc2)oc2ccccc12. The van der Waals surface area contributed by atoms with Crippen LogP contribution in [0.5, 0.6) is 0 Å². The molecule has 0 spiro atoms. The van der Waals surface area contributed by atoms with Gasteiger partial charge in [0.1, 0.15) is 11.3 Å². The average molecular weight is 319 g/mol. The van der Waals surface area contributed by atoms with Crippen molar-refractivity contribution < 1.29 is 4.42 Å². The minimum atomic E-state index is 0.0984. The van der Waals surface area contributed by atoms with E-state index in [0.29, 0.717) is 23.3 Å². The van der Waals surface area contributed by atoms with Gasteiger partial charge in [0.15, 0.2) is 5.43 Å². The fourth-order valence-corrected chi connectivity index (χ4v) is 3.49. The van der Waals surface area contributed by atoms with Crippen LogP contribution in [-0.4, -0.2) is 18.0 Å². The molecule has 0 amide bonds. The molecule has 3 nitrogen and oxygen atoms in total. The number of hydrogen-bond acceptors (Lipinski definition) is 3. The monoisotopic (exact) mass is 319 g/mol. The Morgan fingerprint density at radius 1 is 0.875 bits per heavy atom. The van der Waals surface area contributed by atoms with Gasteiger partial charge in [0.25, 0.3) is 0 Å². The Kier molecular flexibility index (Phi) is 4.18. The van der Waals surface area contributed by atoms with Crippen LogP contribution in [-0.2, 0) is 6.54 Å². The Bertz CT molecular complexity index is 893. The third-order valence-electron chi connectivity index (χ3n) is 4.76. The van der Waals surface area contributed by atoms with Crippen molar-refractivity contribution in [1.82, 2.24) is 4.90 Å². The Morgan fingerprint density at radius 3 is 2.38 bits per heavy atom. The molecule has 0 saturated carbocycles. The number of para-hydroxylation sites is 1. The molecular weight excluding hydrogens is 298 g/mol. The number of benzene rings is 2. The summed E-state index contributed by atoms with van der Waals surface area (Å²) in [4.78, 5) is 15.5. The summed E-state index contributed by atoms with van der Waals surface area (Å²) >= 11 is 0. The minimum Gasteiger partial charge on any atom is -0.455 e. The normalized spacial score (nSPS) is 15.7. The predicted octanol–water partition coefficient (Wildman–Crippen LogP) is 4.45. The van der Waals surface area contributed by atoms with E-state index in [4.69, 9.17) is 4.42 Å². The van der Waals surface area contributed by atoms with Crippen molar-refractivity contribution in [2.45, 2.75) is 25.8 Å². The van der Waals surface area contributed by atoms with Gasteiger partial charge in [0.05, 0.1) is 10.9 Å². The van der Waals surface area contributed by atoms with Crippen molar-refractivity contribution in [3.05, 3.63) is 70.4 Å². The second kappa shape index (κ2) is 6.62. The van der Waals surface area contributed by atoms with Crippen molar-refractivity contribution in [3.8, 4) is 11.3 Å². The lowest BCUT2D eigenvalue weighted by molar-refractivity contribution is 0.219. The van der Waals surface area contributed by atoms with Gasteiger partial charge in [-0.05, 0) is 38.1 Å². The molecule has 2 aromatic carbocycles. The lowest BCUT2D eigenvalue weighted by Gasteiger charge is -2.26. The Labute approximate surface area is 141 Å². The van der Waals surface area contributed by atoms with Crippen LogP contribution >= 0.6 is 0 Å². The molecule has 122 valence electrons. The summed E-state index contributed by atoms with van der Waals surface area (Å²) < 4.78 is 6.17. The molecule has 1 aliphatic rings. The van der Waals surface area contributed by atoms with Gasteiger partial charge in [0.2, 0.25) is 0 Å². The third kappa shape index (κ3) is 2.87. The highest BCUT2D eigenvalue weighted by Crippen LogP contribution is 2.27. The molecule has 0 bridgehead atoms. The maximum atomic E-state index is 13.1. The topological polar surface area (TPSA) is 33.5 Å². The second-order valence-electron chi connectivity index (χ2n) is 6.44. The number of hydrogen-bond donors (Lipinski definition) is 0. The first-order chi connectivity index (χ1) is 11.8. The second-order valence-corrected chi connectivity index (χ2v) is 6.44. The summed E-state index contributed by atoms with van der Waals surface area (Å²) in [5, 5.41) is 0.671. The molecule has 1 fully saturated rings. The Hall–Kier alpha value is -2.39. The van der Waals surface area contributed by atoms with Crippen molar-refractivity contribution in [3.63, 3.8) is 0 Å². The van der Waals surface area contributed by atoms with E-state index in [1.165, 1.54) is 19.3 Å². The average Bonchev–Trinajstić information content (AvgIpc) is 2.65. The summed E-state index contributed by atoms with van der Waals surface area (Å²) in [7, 11) is 0. The van der Waals surface area contributed by atoms with Crippen LogP contribution in [0.1, 0.15) is 24.8 Å². The van der Waals surface area contributed by atoms with E-state index in [9.17, 15) is 4.79 Å². The summed E-state index contributed by atoms with van der Waals surface area (Å²) in [6.07, 6.45) is 3.70. The van der Waals surface area contributed by atoms with Crippen LogP contribution in [0.2, 0.25) is 0 Å². The lowest BCUT2D eigenvalue weighted by Crippen LogP contribution is -2.31. The van der Waals surface area contributed by atoms with Gasteiger partial charge in [0, 0.05) is 12.1 Å². The number of rotatable bonds is 3.